The van der Waals surface area contributed by atoms with Crippen molar-refractivity contribution in [1.82, 2.24) is 4.90 Å². The van der Waals surface area contributed by atoms with E-state index in [1.807, 2.05) is 11.8 Å². The molecule has 0 saturated carbocycles. The van der Waals surface area contributed by atoms with Crippen LogP contribution in [0.15, 0.2) is 4.99 Å². The highest BCUT2D eigenvalue weighted by molar-refractivity contribution is 14.0. The Bertz CT molecular complexity index is 198. The van der Waals surface area contributed by atoms with Crippen LogP contribution in [0.2, 0.25) is 0 Å². The average Bonchev–Trinajstić information content (AvgIpc) is 2.26. The van der Waals surface area contributed by atoms with E-state index in [9.17, 15) is 0 Å². The van der Waals surface area contributed by atoms with E-state index in [1.54, 1.807) is 0 Å². The number of rotatable bonds is 3. The quantitative estimate of drug-likeness (QED) is 0.471. The fourth-order valence-electron chi connectivity index (χ4n) is 1.19. The molecule has 4 nitrogen and oxygen atoms in total. The number of aliphatic imine (C=N–C) groups is 1. The van der Waals surface area contributed by atoms with Gasteiger partial charge in [-0.15, -0.1) is 24.0 Å². The SMILES string of the molecule is CSC(C)CN=C(N)N1CCOCC1.I. The maximum atomic E-state index is 5.86. The van der Waals surface area contributed by atoms with Gasteiger partial charge in [0.1, 0.15) is 0 Å². The van der Waals surface area contributed by atoms with Crippen LogP contribution in [-0.2, 0) is 4.74 Å². The molecule has 6 heteroatoms. The van der Waals surface area contributed by atoms with Crippen molar-refractivity contribution in [1.29, 1.82) is 0 Å². The van der Waals surface area contributed by atoms with Crippen molar-refractivity contribution in [2.75, 3.05) is 39.1 Å². The summed E-state index contributed by atoms with van der Waals surface area (Å²) in [4.78, 5) is 6.44. The molecule has 0 bridgehead atoms. The number of hydrogen-bond acceptors (Lipinski definition) is 3. The van der Waals surface area contributed by atoms with Crippen LogP contribution in [0.4, 0.5) is 0 Å². The molecule has 0 aromatic heterocycles. The number of nitrogens with zero attached hydrogens (tertiary/aromatic N) is 2. The third-order valence-electron chi connectivity index (χ3n) is 2.25. The monoisotopic (exact) mass is 345 g/mol. The van der Waals surface area contributed by atoms with E-state index in [0.717, 1.165) is 32.8 Å². The van der Waals surface area contributed by atoms with Crippen LogP contribution < -0.4 is 5.73 Å². The second-order valence-corrected chi connectivity index (χ2v) is 4.62. The molecule has 1 heterocycles. The predicted octanol–water partition coefficient (Wildman–Crippen LogP) is 1.00. The normalized spacial score (nSPS) is 19.6. The smallest absolute Gasteiger partial charge is 0.191 e. The summed E-state index contributed by atoms with van der Waals surface area (Å²) in [5, 5.41) is 0.537. The number of thioether (sulfide) groups is 1. The van der Waals surface area contributed by atoms with Gasteiger partial charge < -0.3 is 15.4 Å². The van der Waals surface area contributed by atoms with E-state index >= 15 is 0 Å². The lowest BCUT2D eigenvalue weighted by Gasteiger charge is -2.27. The third-order valence-corrected chi connectivity index (χ3v) is 3.20. The zero-order valence-corrected chi connectivity index (χ0v) is 12.5. The number of halogens is 1. The molecule has 1 unspecified atom stereocenters. The lowest BCUT2D eigenvalue weighted by Crippen LogP contribution is -2.45. The Hall–Kier alpha value is 0.310. The first kappa shape index (κ1) is 15.3. The summed E-state index contributed by atoms with van der Waals surface area (Å²) in [6.45, 7) is 6.19. The van der Waals surface area contributed by atoms with Crippen LogP contribution in [0.25, 0.3) is 0 Å². The lowest BCUT2D eigenvalue weighted by molar-refractivity contribution is 0.0674. The summed E-state index contributed by atoms with van der Waals surface area (Å²) in [7, 11) is 0. The number of ether oxygens (including phenoxy) is 1. The van der Waals surface area contributed by atoms with Crippen molar-refractivity contribution in [2.45, 2.75) is 12.2 Å². The summed E-state index contributed by atoms with van der Waals surface area (Å²) in [5.41, 5.74) is 5.86. The highest BCUT2D eigenvalue weighted by atomic mass is 127. The second kappa shape index (κ2) is 8.46. The van der Waals surface area contributed by atoms with Gasteiger partial charge in [0.25, 0.3) is 0 Å². The summed E-state index contributed by atoms with van der Waals surface area (Å²) >= 11 is 1.81. The Labute approximate surface area is 113 Å². The minimum absolute atomic E-state index is 0. The van der Waals surface area contributed by atoms with Gasteiger partial charge in [-0.2, -0.15) is 11.8 Å². The van der Waals surface area contributed by atoms with E-state index in [-0.39, 0.29) is 24.0 Å². The molecule has 1 rings (SSSR count). The zero-order chi connectivity index (χ0) is 10.4. The molecule has 2 N–H and O–H groups in total. The summed E-state index contributed by atoms with van der Waals surface area (Å²) in [6.07, 6.45) is 2.09. The molecular weight excluding hydrogens is 325 g/mol. The van der Waals surface area contributed by atoms with Gasteiger partial charge in [-0.1, -0.05) is 6.92 Å². The molecule has 0 radical (unpaired) electrons. The Morgan fingerprint density at radius 3 is 2.67 bits per heavy atom. The van der Waals surface area contributed by atoms with Crippen molar-refractivity contribution < 1.29 is 4.74 Å². The molecule has 0 amide bonds. The molecule has 0 aliphatic carbocycles. The van der Waals surface area contributed by atoms with Gasteiger partial charge in [-0.25, -0.2) is 0 Å². The largest absolute Gasteiger partial charge is 0.378 e. The van der Waals surface area contributed by atoms with Crippen molar-refractivity contribution in [3.05, 3.63) is 0 Å². The molecule has 1 saturated heterocycles. The van der Waals surface area contributed by atoms with Crippen LogP contribution in [0.3, 0.4) is 0 Å². The summed E-state index contributed by atoms with van der Waals surface area (Å²) < 4.78 is 5.24. The summed E-state index contributed by atoms with van der Waals surface area (Å²) in [6, 6.07) is 0. The zero-order valence-electron chi connectivity index (χ0n) is 9.31. The number of nitrogens with two attached hydrogens (primary N) is 1. The molecule has 0 aromatic carbocycles. The highest BCUT2D eigenvalue weighted by Gasteiger charge is 2.12. The maximum Gasteiger partial charge on any atom is 0.191 e. The van der Waals surface area contributed by atoms with Gasteiger partial charge in [0.15, 0.2) is 5.96 Å². The Morgan fingerprint density at radius 2 is 2.13 bits per heavy atom. The van der Waals surface area contributed by atoms with Gasteiger partial charge >= 0.3 is 0 Å². The van der Waals surface area contributed by atoms with Gasteiger partial charge in [0, 0.05) is 18.3 Å². The Morgan fingerprint density at radius 1 is 1.53 bits per heavy atom. The first-order chi connectivity index (χ1) is 6.74. The number of morpholine rings is 1. The molecule has 15 heavy (non-hydrogen) atoms. The van der Waals surface area contributed by atoms with Crippen molar-refractivity contribution in [3.63, 3.8) is 0 Å². The lowest BCUT2D eigenvalue weighted by atomic mass is 10.4. The van der Waals surface area contributed by atoms with Crippen molar-refractivity contribution in [3.8, 4) is 0 Å². The van der Waals surface area contributed by atoms with Gasteiger partial charge in [-0.3, -0.25) is 4.99 Å². The molecule has 1 fully saturated rings. The fourth-order valence-corrected chi connectivity index (χ4v) is 1.41. The molecule has 90 valence electrons. The molecule has 0 aromatic rings. The minimum atomic E-state index is 0. The van der Waals surface area contributed by atoms with Crippen molar-refractivity contribution >= 4 is 41.7 Å². The second-order valence-electron chi connectivity index (χ2n) is 3.34. The first-order valence-corrected chi connectivity index (χ1v) is 6.18. The Kier molecular flexibility index (Phi) is 8.64. The molecule has 0 spiro atoms. The molecule has 1 atom stereocenters. The van der Waals surface area contributed by atoms with Gasteiger partial charge in [-0.05, 0) is 6.26 Å². The summed E-state index contributed by atoms with van der Waals surface area (Å²) in [5.74, 6) is 0.661. The van der Waals surface area contributed by atoms with Crippen LogP contribution in [0.5, 0.6) is 0 Å². The highest BCUT2D eigenvalue weighted by Crippen LogP contribution is 2.05. The van der Waals surface area contributed by atoms with E-state index in [1.165, 1.54) is 0 Å². The van der Waals surface area contributed by atoms with Gasteiger partial charge in [0.2, 0.25) is 0 Å². The average molecular weight is 345 g/mol. The van der Waals surface area contributed by atoms with E-state index in [0.29, 0.717) is 11.2 Å². The van der Waals surface area contributed by atoms with E-state index in [4.69, 9.17) is 10.5 Å². The van der Waals surface area contributed by atoms with Gasteiger partial charge in [0.05, 0.1) is 19.8 Å². The third kappa shape index (κ3) is 5.82. The number of guanidine groups is 1. The first-order valence-electron chi connectivity index (χ1n) is 4.89. The van der Waals surface area contributed by atoms with Crippen LogP contribution >= 0.6 is 35.7 Å². The predicted molar refractivity (Wildman–Crippen MR) is 77.3 cm³/mol. The molecule has 1 aliphatic rings. The fraction of sp³-hybridized carbons (Fsp3) is 0.889. The maximum absolute atomic E-state index is 5.86. The van der Waals surface area contributed by atoms with E-state index in [2.05, 4.69) is 23.1 Å². The topological polar surface area (TPSA) is 50.8 Å². The standard InChI is InChI=1S/C9H19N3OS.HI/c1-8(14-2)7-11-9(10)12-3-5-13-6-4-12;/h8H,3-7H2,1-2H3,(H2,10,11);1H. The Balaban J connectivity index is 0.00000196. The van der Waals surface area contributed by atoms with Crippen LogP contribution in [0.1, 0.15) is 6.92 Å². The molecular formula is C9H20IN3OS. The minimum Gasteiger partial charge on any atom is -0.378 e. The van der Waals surface area contributed by atoms with Crippen LogP contribution in [0, 0.1) is 0 Å². The molecule has 1 aliphatic heterocycles. The number of hydrogen-bond donors (Lipinski definition) is 1. The van der Waals surface area contributed by atoms with Crippen LogP contribution in [-0.4, -0.2) is 55.2 Å². The van der Waals surface area contributed by atoms with E-state index < -0.39 is 0 Å². The van der Waals surface area contributed by atoms with Crippen molar-refractivity contribution in [2.24, 2.45) is 10.7 Å².